The number of thioether (sulfide) groups is 1. The Morgan fingerprint density at radius 3 is 2.73 bits per heavy atom. The second kappa shape index (κ2) is 9.33. The summed E-state index contributed by atoms with van der Waals surface area (Å²) in [6, 6.07) is 15.4. The van der Waals surface area contributed by atoms with Gasteiger partial charge in [0.2, 0.25) is 18.0 Å². The fourth-order valence-electron chi connectivity index (χ4n) is 3.31. The number of rotatable bonds is 7. The molecule has 0 fully saturated rings. The zero-order valence-corrected chi connectivity index (χ0v) is 18.6. The van der Waals surface area contributed by atoms with Crippen LogP contribution in [0.3, 0.4) is 0 Å². The van der Waals surface area contributed by atoms with Crippen molar-refractivity contribution in [3.63, 3.8) is 0 Å². The molecule has 2 aromatic heterocycles. The van der Waals surface area contributed by atoms with Crippen LogP contribution in [0.4, 0.5) is 17.6 Å². The number of nitrogen functional groups attached to an aromatic ring is 1. The van der Waals surface area contributed by atoms with Crippen molar-refractivity contribution in [2.24, 2.45) is 0 Å². The first-order chi connectivity index (χ1) is 16.2. The number of nitrogens with two attached hydrogens (primary N) is 1. The van der Waals surface area contributed by atoms with Crippen molar-refractivity contribution in [2.45, 2.75) is 30.4 Å². The predicted molar refractivity (Wildman–Crippen MR) is 123 cm³/mol. The first-order valence-corrected chi connectivity index (χ1v) is 11.4. The second-order valence-corrected chi connectivity index (χ2v) is 8.05. The third kappa shape index (κ3) is 4.82. The topological polar surface area (TPSA) is 134 Å². The maximum Gasteiger partial charge on any atom is 0.277 e. The number of nitrogens with zero attached hydrogens (tertiary/aromatic N) is 5. The van der Waals surface area contributed by atoms with Gasteiger partial charge in [0.15, 0.2) is 11.5 Å². The molecule has 168 valence electrons. The molecule has 10 nitrogen and oxygen atoms in total. The van der Waals surface area contributed by atoms with Crippen LogP contribution in [0.15, 0.2) is 58.2 Å². The minimum atomic E-state index is -0.469. The largest absolute Gasteiger partial charge is 0.485 e. The van der Waals surface area contributed by atoms with E-state index in [0.29, 0.717) is 46.7 Å². The molecule has 3 heterocycles. The van der Waals surface area contributed by atoms with Gasteiger partial charge in [-0.1, -0.05) is 49.0 Å². The number of aryl methyl sites for hydroxylation is 1. The molecule has 0 saturated heterocycles. The lowest BCUT2D eigenvalue weighted by Crippen LogP contribution is -2.21. The van der Waals surface area contributed by atoms with Gasteiger partial charge in [-0.2, -0.15) is 15.0 Å². The molecule has 2 aromatic carbocycles. The van der Waals surface area contributed by atoms with E-state index < -0.39 is 6.10 Å². The minimum Gasteiger partial charge on any atom is -0.485 e. The van der Waals surface area contributed by atoms with Crippen molar-refractivity contribution in [2.75, 3.05) is 17.7 Å². The van der Waals surface area contributed by atoms with Gasteiger partial charge in [-0.3, -0.25) is 0 Å². The standard InChI is InChI=1S/C22H21N7O3S/c1-2-13-7-3-4-8-14(13)24-21-26-18(25-20(23)27-21)12-33-22-29-28-19(32-22)17-11-30-15-9-5-6-10-16(15)31-17/h3-10,17H,2,11-12H2,1H3,(H3,23,24,25,26,27). The van der Waals surface area contributed by atoms with Gasteiger partial charge in [-0.15, -0.1) is 10.2 Å². The molecule has 1 aliphatic heterocycles. The Hall–Kier alpha value is -3.86. The van der Waals surface area contributed by atoms with Crippen molar-refractivity contribution < 1.29 is 13.9 Å². The lowest BCUT2D eigenvalue weighted by atomic mass is 10.1. The van der Waals surface area contributed by atoms with E-state index in [9.17, 15) is 0 Å². The van der Waals surface area contributed by atoms with Crippen molar-refractivity contribution in [1.82, 2.24) is 25.1 Å². The minimum absolute atomic E-state index is 0.134. The van der Waals surface area contributed by atoms with Crippen LogP contribution in [0.2, 0.25) is 0 Å². The zero-order valence-electron chi connectivity index (χ0n) is 17.8. The van der Waals surface area contributed by atoms with Gasteiger partial charge in [0, 0.05) is 5.69 Å². The summed E-state index contributed by atoms with van der Waals surface area (Å²) in [5.41, 5.74) is 7.99. The molecular formula is C22H21N7O3S. The summed E-state index contributed by atoms with van der Waals surface area (Å²) >= 11 is 1.30. The van der Waals surface area contributed by atoms with Gasteiger partial charge < -0.3 is 24.9 Å². The van der Waals surface area contributed by atoms with Crippen LogP contribution in [0, 0.1) is 0 Å². The maximum absolute atomic E-state index is 5.91. The van der Waals surface area contributed by atoms with E-state index in [4.69, 9.17) is 19.6 Å². The van der Waals surface area contributed by atoms with Crippen molar-refractivity contribution in [3.05, 3.63) is 65.8 Å². The molecule has 33 heavy (non-hydrogen) atoms. The van der Waals surface area contributed by atoms with Gasteiger partial charge in [0.25, 0.3) is 11.1 Å². The Labute approximate surface area is 194 Å². The number of aromatic nitrogens is 5. The Morgan fingerprint density at radius 2 is 1.85 bits per heavy atom. The number of ether oxygens (including phenoxy) is 2. The smallest absolute Gasteiger partial charge is 0.277 e. The summed E-state index contributed by atoms with van der Waals surface area (Å²) in [6.07, 6.45) is 0.414. The third-order valence-electron chi connectivity index (χ3n) is 4.87. The van der Waals surface area contributed by atoms with Crippen LogP contribution in [-0.2, 0) is 12.2 Å². The number of benzene rings is 2. The molecule has 0 saturated carbocycles. The lowest BCUT2D eigenvalue weighted by molar-refractivity contribution is 0.0686. The number of anilines is 3. The lowest BCUT2D eigenvalue weighted by Gasteiger charge is -2.23. The first kappa shape index (κ1) is 21.0. The number of nitrogens with one attached hydrogen (secondary N) is 1. The Bertz CT molecular complexity index is 1270. The van der Waals surface area contributed by atoms with Crippen LogP contribution in [0.25, 0.3) is 0 Å². The molecule has 0 radical (unpaired) electrons. The Kier molecular flexibility index (Phi) is 5.94. The van der Waals surface area contributed by atoms with E-state index in [1.165, 1.54) is 11.8 Å². The SMILES string of the molecule is CCc1ccccc1Nc1nc(N)nc(CSc2nnc(C3COc4ccccc4O3)o2)n1. The molecule has 0 bridgehead atoms. The van der Waals surface area contributed by atoms with Gasteiger partial charge in [-0.05, 0) is 30.2 Å². The summed E-state index contributed by atoms with van der Waals surface area (Å²) < 4.78 is 17.4. The van der Waals surface area contributed by atoms with E-state index in [0.717, 1.165) is 17.7 Å². The van der Waals surface area contributed by atoms with Crippen molar-refractivity contribution >= 4 is 29.3 Å². The summed E-state index contributed by atoms with van der Waals surface area (Å²) in [6.45, 7) is 2.38. The van der Waals surface area contributed by atoms with E-state index >= 15 is 0 Å². The molecule has 0 amide bonds. The molecule has 0 spiro atoms. The van der Waals surface area contributed by atoms with Crippen LogP contribution in [-0.4, -0.2) is 31.8 Å². The number of para-hydroxylation sites is 3. The highest BCUT2D eigenvalue weighted by molar-refractivity contribution is 7.98. The molecular weight excluding hydrogens is 442 g/mol. The average molecular weight is 464 g/mol. The summed E-state index contributed by atoms with van der Waals surface area (Å²) in [5.74, 6) is 3.08. The van der Waals surface area contributed by atoms with Crippen molar-refractivity contribution in [3.8, 4) is 11.5 Å². The monoisotopic (exact) mass is 463 g/mol. The van der Waals surface area contributed by atoms with E-state index in [1.807, 2.05) is 42.5 Å². The number of hydrogen-bond donors (Lipinski definition) is 2. The molecule has 0 aliphatic carbocycles. The molecule has 1 aliphatic rings. The van der Waals surface area contributed by atoms with E-state index in [-0.39, 0.29) is 5.95 Å². The highest BCUT2D eigenvalue weighted by Gasteiger charge is 2.27. The normalized spacial score (nSPS) is 14.8. The van der Waals surface area contributed by atoms with Crippen molar-refractivity contribution in [1.29, 1.82) is 0 Å². The fourth-order valence-corrected chi connectivity index (χ4v) is 3.93. The van der Waals surface area contributed by atoms with Crippen LogP contribution in [0.1, 0.15) is 30.3 Å². The molecule has 11 heteroatoms. The fraction of sp³-hybridized carbons (Fsp3) is 0.227. The predicted octanol–water partition coefficient (Wildman–Crippen LogP) is 3.95. The van der Waals surface area contributed by atoms with Gasteiger partial charge in [0.1, 0.15) is 12.4 Å². The second-order valence-electron chi connectivity index (χ2n) is 7.13. The third-order valence-corrected chi connectivity index (χ3v) is 5.69. The molecule has 4 aromatic rings. The van der Waals surface area contributed by atoms with E-state index in [2.05, 4.69) is 43.5 Å². The van der Waals surface area contributed by atoms with Crippen LogP contribution >= 0.6 is 11.8 Å². The van der Waals surface area contributed by atoms with Gasteiger partial charge in [0.05, 0.1) is 5.75 Å². The highest BCUT2D eigenvalue weighted by Crippen LogP contribution is 2.36. The Morgan fingerprint density at radius 1 is 1.03 bits per heavy atom. The average Bonchev–Trinajstić information content (AvgIpc) is 3.32. The van der Waals surface area contributed by atoms with Gasteiger partial charge in [-0.25, -0.2) is 0 Å². The summed E-state index contributed by atoms with van der Waals surface area (Å²) in [5, 5.41) is 11.8. The van der Waals surface area contributed by atoms with Gasteiger partial charge >= 0.3 is 0 Å². The van der Waals surface area contributed by atoms with E-state index in [1.54, 1.807) is 0 Å². The quantitative estimate of drug-likeness (QED) is 0.386. The number of hydrogen-bond acceptors (Lipinski definition) is 11. The summed E-state index contributed by atoms with van der Waals surface area (Å²) in [4.78, 5) is 12.9. The highest BCUT2D eigenvalue weighted by atomic mass is 32.2. The van der Waals surface area contributed by atoms with Crippen LogP contribution in [0.5, 0.6) is 11.5 Å². The molecule has 5 rings (SSSR count). The first-order valence-electron chi connectivity index (χ1n) is 10.4. The number of fused-ring (bicyclic) bond motifs is 1. The Balaban J connectivity index is 1.24. The zero-order chi connectivity index (χ0) is 22.6. The molecule has 3 N–H and O–H groups in total. The summed E-state index contributed by atoms with van der Waals surface area (Å²) in [7, 11) is 0. The van der Waals surface area contributed by atoms with Crippen LogP contribution < -0.4 is 20.5 Å². The molecule has 1 atom stereocenters. The maximum atomic E-state index is 5.91. The molecule has 1 unspecified atom stereocenters.